The largest absolute Gasteiger partial charge is 0.392 e. The Balaban J connectivity index is 2.08. The first-order chi connectivity index (χ1) is 8.61. The number of hydrogen-bond donors (Lipinski definition) is 2. The molecule has 0 spiro atoms. The van der Waals surface area contributed by atoms with Gasteiger partial charge in [-0.2, -0.15) is 0 Å². The van der Waals surface area contributed by atoms with E-state index in [-0.39, 0.29) is 6.61 Å². The number of likely N-dealkylation sites (tertiary alicyclic amines) is 1. The van der Waals surface area contributed by atoms with E-state index >= 15 is 0 Å². The molecule has 0 bridgehead atoms. The highest BCUT2D eigenvalue weighted by atomic mass is 16.3. The second-order valence-corrected chi connectivity index (χ2v) is 5.57. The molecule has 3 heteroatoms. The van der Waals surface area contributed by atoms with E-state index in [1.165, 1.54) is 0 Å². The van der Waals surface area contributed by atoms with E-state index in [9.17, 15) is 5.11 Å². The van der Waals surface area contributed by atoms with E-state index in [2.05, 4.69) is 37.2 Å². The average molecular weight is 248 g/mol. The van der Waals surface area contributed by atoms with Gasteiger partial charge in [0.15, 0.2) is 0 Å². The molecule has 1 fully saturated rings. The minimum absolute atomic E-state index is 0.0970. The number of hydrogen-bond acceptors (Lipinski definition) is 3. The Morgan fingerprint density at radius 1 is 1.33 bits per heavy atom. The number of aliphatic hydroxyl groups excluding tert-OH is 1. The highest BCUT2D eigenvalue weighted by Gasteiger charge is 2.28. The summed E-state index contributed by atoms with van der Waals surface area (Å²) in [5.41, 5.74) is 2.06. The van der Waals surface area contributed by atoms with Crippen LogP contribution in [0.1, 0.15) is 25.8 Å². The number of nitrogens with zero attached hydrogens (tertiary/aromatic N) is 1. The Morgan fingerprint density at radius 3 is 2.78 bits per heavy atom. The fourth-order valence-electron chi connectivity index (χ4n) is 2.74. The average Bonchev–Trinajstić information content (AvgIpc) is 2.36. The Labute approximate surface area is 110 Å². The normalized spacial score (nSPS) is 29.2. The molecule has 0 amide bonds. The van der Waals surface area contributed by atoms with Gasteiger partial charge in [0.1, 0.15) is 0 Å². The zero-order valence-corrected chi connectivity index (χ0v) is 11.6. The molecule has 2 rings (SSSR count). The number of para-hydroxylation sites is 1. The van der Waals surface area contributed by atoms with Gasteiger partial charge in [-0.15, -0.1) is 0 Å². The van der Waals surface area contributed by atoms with Crippen LogP contribution in [0.2, 0.25) is 0 Å². The molecule has 1 aliphatic rings. The lowest BCUT2D eigenvalue weighted by Gasteiger charge is -2.40. The van der Waals surface area contributed by atoms with E-state index in [0.717, 1.165) is 24.2 Å². The molecular weight excluding hydrogens is 224 g/mol. The standard InChI is InChI=1S/C15H24N2O/c1-11-9-17(3)12(2)8-15(11)16-14-7-5-4-6-13(14)10-18/h4-7,11-12,15-16,18H,8-10H2,1-3H3. The molecule has 0 saturated carbocycles. The van der Waals surface area contributed by atoms with E-state index in [1.54, 1.807) is 0 Å². The first-order valence-corrected chi connectivity index (χ1v) is 6.77. The van der Waals surface area contributed by atoms with E-state index in [0.29, 0.717) is 18.0 Å². The zero-order valence-electron chi connectivity index (χ0n) is 11.6. The second kappa shape index (κ2) is 5.72. The lowest BCUT2D eigenvalue weighted by atomic mass is 9.89. The molecule has 0 aliphatic carbocycles. The summed E-state index contributed by atoms with van der Waals surface area (Å²) in [7, 11) is 2.19. The number of anilines is 1. The van der Waals surface area contributed by atoms with E-state index in [1.807, 2.05) is 18.2 Å². The SMILES string of the molecule is CC1CN(C)C(C)CC1Nc1ccccc1CO. The van der Waals surface area contributed by atoms with Crippen LogP contribution in [0.15, 0.2) is 24.3 Å². The van der Waals surface area contributed by atoms with Gasteiger partial charge in [0.2, 0.25) is 0 Å². The zero-order chi connectivity index (χ0) is 13.1. The second-order valence-electron chi connectivity index (χ2n) is 5.57. The number of benzene rings is 1. The van der Waals surface area contributed by atoms with Crippen molar-refractivity contribution in [2.45, 2.75) is 39.0 Å². The summed E-state index contributed by atoms with van der Waals surface area (Å²) in [5, 5.41) is 13.0. The first kappa shape index (κ1) is 13.4. The summed E-state index contributed by atoms with van der Waals surface area (Å²) in [6.45, 7) is 5.79. The van der Waals surface area contributed by atoms with Gasteiger partial charge in [0, 0.05) is 29.9 Å². The van der Waals surface area contributed by atoms with E-state index < -0.39 is 0 Å². The molecule has 0 radical (unpaired) electrons. The Morgan fingerprint density at radius 2 is 2.06 bits per heavy atom. The van der Waals surface area contributed by atoms with Crippen molar-refractivity contribution in [1.29, 1.82) is 0 Å². The molecular formula is C15H24N2O. The van der Waals surface area contributed by atoms with Gasteiger partial charge in [0.05, 0.1) is 6.61 Å². The first-order valence-electron chi connectivity index (χ1n) is 6.77. The predicted molar refractivity (Wildman–Crippen MR) is 75.6 cm³/mol. The third-order valence-corrected chi connectivity index (χ3v) is 4.14. The van der Waals surface area contributed by atoms with Gasteiger partial charge in [-0.1, -0.05) is 25.1 Å². The van der Waals surface area contributed by atoms with Crippen molar-refractivity contribution in [3.8, 4) is 0 Å². The van der Waals surface area contributed by atoms with E-state index in [4.69, 9.17) is 0 Å². The summed E-state index contributed by atoms with van der Waals surface area (Å²) < 4.78 is 0. The van der Waals surface area contributed by atoms with Crippen molar-refractivity contribution >= 4 is 5.69 Å². The molecule has 1 aromatic rings. The minimum Gasteiger partial charge on any atom is -0.392 e. The van der Waals surface area contributed by atoms with Crippen LogP contribution in [0.3, 0.4) is 0 Å². The summed E-state index contributed by atoms with van der Waals surface area (Å²) in [6, 6.07) is 9.12. The quantitative estimate of drug-likeness (QED) is 0.861. The van der Waals surface area contributed by atoms with Crippen molar-refractivity contribution in [1.82, 2.24) is 4.90 Å². The number of nitrogens with one attached hydrogen (secondary N) is 1. The molecule has 0 aromatic heterocycles. The van der Waals surface area contributed by atoms with Crippen molar-refractivity contribution < 1.29 is 5.11 Å². The maximum atomic E-state index is 9.36. The molecule has 1 saturated heterocycles. The Hall–Kier alpha value is -1.06. The highest BCUT2D eigenvalue weighted by Crippen LogP contribution is 2.25. The molecule has 2 N–H and O–H groups in total. The van der Waals surface area contributed by atoms with Gasteiger partial charge in [-0.05, 0) is 32.4 Å². The van der Waals surface area contributed by atoms with Crippen LogP contribution in [0.4, 0.5) is 5.69 Å². The van der Waals surface area contributed by atoms with Gasteiger partial charge in [0.25, 0.3) is 0 Å². The van der Waals surface area contributed by atoms with Crippen molar-refractivity contribution in [3.63, 3.8) is 0 Å². The van der Waals surface area contributed by atoms with Gasteiger partial charge < -0.3 is 15.3 Å². The topological polar surface area (TPSA) is 35.5 Å². The Bertz CT molecular complexity index is 394. The monoisotopic (exact) mass is 248 g/mol. The lowest BCUT2D eigenvalue weighted by molar-refractivity contribution is 0.145. The molecule has 1 aromatic carbocycles. The fourth-order valence-corrected chi connectivity index (χ4v) is 2.74. The summed E-state index contributed by atoms with van der Waals surface area (Å²) in [6.07, 6.45) is 1.15. The van der Waals surface area contributed by atoms with Crippen molar-refractivity contribution in [3.05, 3.63) is 29.8 Å². The van der Waals surface area contributed by atoms with Crippen LogP contribution >= 0.6 is 0 Å². The smallest absolute Gasteiger partial charge is 0.0701 e. The summed E-state index contributed by atoms with van der Waals surface area (Å²) in [5.74, 6) is 0.623. The number of rotatable bonds is 3. The molecule has 3 atom stereocenters. The van der Waals surface area contributed by atoms with Gasteiger partial charge in [-0.25, -0.2) is 0 Å². The maximum absolute atomic E-state index is 9.36. The van der Waals surface area contributed by atoms with Crippen molar-refractivity contribution in [2.24, 2.45) is 5.92 Å². The maximum Gasteiger partial charge on any atom is 0.0701 e. The minimum atomic E-state index is 0.0970. The fraction of sp³-hybridized carbons (Fsp3) is 0.600. The van der Waals surface area contributed by atoms with Crippen molar-refractivity contribution in [2.75, 3.05) is 18.9 Å². The molecule has 100 valence electrons. The van der Waals surface area contributed by atoms with Crippen LogP contribution in [0.5, 0.6) is 0 Å². The summed E-state index contributed by atoms with van der Waals surface area (Å²) >= 11 is 0. The van der Waals surface area contributed by atoms with Crippen LogP contribution in [-0.2, 0) is 6.61 Å². The third kappa shape index (κ3) is 2.85. The van der Waals surface area contributed by atoms with Crippen LogP contribution in [-0.4, -0.2) is 35.7 Å². The molecule has 3 nitrogen and oxygen atoms in total. The highest BCUT2D eigenvalue weighted by molar-refractivity contribution is 5.51. The van der Waals surface area contributed by atoms with Crippen LogP contribution < -0.4 is 5.32 Å². The predicted octanol–water partition coefficient (Wildman–Crippen LogP) is 2.32. The summed E-state index contributed by atoms with van der Waals surface area (Å²) in [4.78, 5) is 2.42. The number of aliphatic hydroxyl groups is 1. The van der Waals surface area contributed by atoms with Gasteiger partial charge in [-0.3, -0.25) is 0 Å². The Kier molecular flexibility index (Phi) is 4.25. The van der Waals surface area contributed by atoms with Gasteiger partial charge >= 0.3 is 0 Å². The van der Waals surface area contributed by atoms with Crippen LogP contribution in [0.25, 0.3) is 0 Å². The third-order valence-electron chi connectivity index (χ3n) is 4.14. The number of piperidine rings is 1. The molecule has 3 unspecified atom stereocenters. The van der Waals surface area contributed by atoms with Crippen LogP contribution in [0, 0.1) is 5.92 Å². The molecule has 1 aliphatic heterocycles. The molecule has 1 heterocycles. The molecule has 18 heavy (non-hydrogen) atoms. The lowest BCUT2D eigenvalue weighted by Crippen LogP contribution is -2.48.